The van der Waals surface area contributed by atoms with Gasteiger partial charge in [0, 0.05) is 17.8 Å². The van der Waals surface area contributed by atoms with Crippen LogP contribution in [0.25, 0.3) is 0 Å². The predicted molar refractivity (Wildman–Crippen MR) is 89.7 cm³/mol. The van der Waals surface area contributed by atoms with E-state index in [4.69, 9.17) is 5.73 Å². The summed E-state index contributed by atoms with van der Waals surface area (Å²) >= 11 is 0. The summed E-state index contributed by atoms with van der Waals surface area (Å²) in [4.78, 5) is 14.9. The number of carbonyl (C=O) groups excluding carboxylic acids is 1. The number of amides is 1. The lowest BCUT2D eigenvalue weighted by Gasteiger charge is -2.36. The summed E-state index contributed by atoms with van der Waals surface area (Å²) in [6.45, 7) is 2.90. The lowest BCUT2D eigenvalue weighted by molar-refractivity contribution is 0.0611. The van der Waals surface area contributed by atoms with Gasteiger partial charge in [0.05, 0.1) is 6.04 Å². The van der Waals surface area contributed by atoms with Crippen molar-refractivity contribution in [1.29, 1.82) is 0 Å². The summed E-state index contributed by atoms with van der Waals surface area (Å²) in [6, 6.07) is 16.0. The van der Waals surface area contributed by atoms with E-state index in [-0.39, 0.29) is 11.9 Å². The van der Waals surface area contributed by atoms with Gasteiger partial charge in [-0.05, 0) is 49.9 Å². The first-order valence-electron chi connectivity index (χ1n) is 7.88. The number of anilines is 1. The number of carbonyl (C=O) groups is 1. The van der Waals surface area contributed by atoms with E-state index >= 15 is 0 Å². The summed E-state index contributed by atoms with van der Waals surface area (Å²) in [6.07, 6.45) is 3.26. The molecule has 0 aromatic heterocycles. The molecule has 114 valence electrons. The van der Waals surface area contributed by atoms with Gasteiger partial charge in [0.2, 0.25) is 0 Å². The van der Waals surface area contributed by atoms with Crippen LogP contribution in [0, 0.1) is 6.92 Å². The molecule has 1 heterocycles. The first-order valence-corrected chi connectivity index (χ1v) is 7.88. The number of piperidine rings is 1. The predicted octanol–water partition coefficient (Wildman–Crippen LogP) is 3.94. The molecule has 2 aromatic carbocycles. The Labute approximate surface area is 131 Å². The lowest BCUT2D eigenvalue weighted by Crippen LogP contribution is -2.38. The Kier molecular flexibility index (Phi) is 4.14. The van der Waals surface area contributed by atoms with Crippen LogP contribution in [0.3, 0.4) is 0 Å². The zero-order valence-electron chi connectivity index (χ0n) is 13.0. The maximum atomic E-state index is 12.9. The molecule has 0 aliphatic carbocycles. The van der Waals surface area contributed by atoms with Crippen LogP contribution < -0.4 is 5.73 Å². The molecule has 0 spiro atoms. The largest absolute Gasteiger partial charge is 0.399 e. The van der Waals surface area contributed by atoms with Crippen molar-refractivity contribution < 1.29 is 4.79 Å². The van der Waals surface area contributed by atoms with Crippen molar-refractivity contribution in [2.45, 2.75) is 32.2 Å². The highest BCUT2D eigenvalue weighted by molar-refractivity contribution is 5.95. The number of hydrogen-bond donors (Lipinski definition) is 1. The highest BCUT2D eigenvalue weighted by Gasteiger charge is 2.28. The molecule has 0 bridgehead atoms. The first-order chi connectivity index (χ1) is 10.6. The molecule has 3 rings (SSSR count). The van der Waals surface area contributed by atoms with Crippen LogP contribution in [-0.4, -0.2) is 17.4 Å². The second-order valence-electron chi connectivity index (χ2n) is 6.05. The van der Waals surface area contributed by atoms with E-state index in [0.29, 0.717) is 11.3 Å². The molecule has 1 fully saturated rings. The molecule has 0 saturated carbocycles. The molecule has 3 nitrogen and oxygen atoms in total. The van der Waals surface area contributed by atoms with Crippen LogP contribution in [0.15, 0.2) is 48.5 Å². The molecule has 2 aromatic rings. The van der Waals surface area contributed by atoms with E-state index in [1.807, 2.05) is 23.1 Å². The zero-order chi connectivity index (χ0) is 15.5. The standard InChI is InChI=1S/C19H22N2O/c1-14-8-10-15(11-9-14)18-7-2-3-12-21(18)19(22)16-5-4-6-17(20)13-16/h4-6,8-11,13,18H,2-3,7,12,20H2,1H3. The summed E-state index contributed by atoms with van der Waals surface area (Å²) in [5.41, 5.74) is 9.60. The van der Waals surface area contributed by atoms with Gasteiger partial charge in [0.1, 0.15) is 0 Å². The quantitative estimate of drug-likeness (QED) is 0.853. The van der Waals surface area contributed by atoms with E-state index in [1.54, 1.807) is 6.07 Å². The monoisotopic (exact) mass is 294 g/mol. The number of nitrogen functional groups attached to an aromatic ring is 1. The Morgan fingerprint density at radius 1 is 1.14 bits per heavy atom. The fourth-order valence-electron chi connectivity index (χ4n) is 3.15. The summed E-state index contributed by atoms with van der Waals surface area (Å²) < 4.78 is 0. The Balaban J connectivity index is 1.89. The minimum Gasteiger partial charge on any atom is -0.399 e. The van der Waals surface area contributed by atoms with Crippen molar-refractivity contribution in [3.8, 4) is 0 Å². The van der Waals surface area contributed by atoms with Crippen molar-refractivity contribution in [3.63, 3.8) is 0 Å². The van der Waals surface area contributed by atoms with Gasteiger partial charge in [-0.15, -0.1) is 0 Å². The average Bonchev–Trinajstić information content (AvgIpc) is 2.55. The van der Waals surface area contributed by atoms with Crippen molar-refractivity contribution in [1.82, 2.24) is 4.90 Å². The highest BCUT2D eigenvalue weighted by atomic mass is 16.2. The zero-order valence-corrected chi connectivity index (χ0v) is 13.0. The highest BCUT2D eigenvalue weighted by Crippen LogP contribution is 2.32. The van der Waals surface area contributed by atoms with E-state index in [2.05, 4.69) is 31.2 Å². The molecular formula is C19H22N2O. The number of nitrogens with zero attached hydrogens (tertiary/aromatic N) is 1. The number of aryl methyl sites for hydroxylation is 1. The van der Waals surface area contributed by atoms with Gasteiger partial charge in [-0.1, -0.05) is 35.9 Å². The molecule has 1 saturated heterocycles. The topological polar surface area (TPSA) is 46.3 Å². The Morgan fingerprint density at radius 3 is 2.64 bits per heavy atom. The van der Waals surface area contributed by atoms with E-state index in [9.17, 15) is 4.79 Å². The van der Waals surface area contributed by atoms with Gasteiger partial charge < -0.3 is 10.6 Å². The third-order valence-electron chi connectivity index (χ3n) is 4.36. The summed E-state index contributed by atoms with van der Waals surface area (Å²) in [5, 5.41) is 0. The molecule has 22 heavy (non-hydrogen) atoms. The van der Waals surface area contributed by atoms with E-state index in [0.717, 1.165) is 19.4 Å². The Hall–Kier alpha value is -2.29. The van der Waals surface area contributed by atoms with E-state index < -0.39 is 0 Å². The van der Waals surface area contributed by atoms with Crippen LogP contribution in [0.2, 0.25) is 0 Å². The minimum atomic E-state index is 0.0811. The van der Waals surface area contributed by atoms with Gasteiger partial charge in [-0.25, -0.2) is 0 Å². The molecular weight excluding hydrogens is 272 g/mol. The number of nitrogens with two attached hydrogens (primary N) is 1. The number of rotatable bonds is 2. The second kappa shape index (κ2) is 6.22. The number of hydrogen-bond acceptors (Lipinski definition) is 2. The molecule has 0 radical (unpaired) electrons. The summed E-state index contributed by atoms with van der Waals surface area (Å²) in [5.74, 6) is 0.0811. The normalized spacial score (nSPS) is 18.2. The lowest BCUT2D eigenvalue weighted by atomic mass is 9.94. The molecule has 1 aliphatic heterocycles. The molecule has 1 atom stereocenters. The van der Waals surface area contributed by atoms with E-state index in [1.165, 1.54) is 17.5 Å². The van der Waals surface area contributed by atoms with Crippen LogP contribution in [0.1, 0.15) is 46.8 Å². The Bertz CT molecular complexity index is 663. The van der Waals surface area contributed by atoms with Gasteiger partial charge in [-0.3, -0.25) is 4.79 Å². The third kappa shape index (κ3) is 2.98. The van der Waals surface area contributed by atoms with Crippen molar-refractivity contribution in [2.75, 3.05) is 12.3 Å². The molecule has 1 unspecified atom stereocenters. The van der Waals surface area contributed by atoms with Crippen LogP contribution in [-0.2, 0) is 0 Å². The van der Waals surface area contributed by atoms with Crippen molar-refractivity contribution >= 4 is 11.6 Å². The first kappa shape index (κ1) is 14.6. The fourth-order valence-corrected chi connectivity index (χ4v) is 3.15. The maximum Gasteiger partial charge on any atom is 0.254 e. The SMILES string of the molecule is Cc1ccc(C2CCCCN2C(=O)c2cccc(N)c2)cc1. The van der Waals surface area contributed by atoms with Gasteiger partial charge >= 0.3 is 0 Å². The smallest absolute Gasteiger partial charge is 0.254 e. The fraction of sp³-hybridized carbons (Fsp3) is 0.316. The Morgan fingerprint density at radius 2 is 1.91 bits per heavy atom. The second-order valence-corrected chi connectivity index (χ2v) is 6.05. The molecule has 1 amide bonds. The average molecular weight is 294 g/mol. The van der Waals surface area contributed by atoms with Gasteiger partial charge in [0.25, 0.3) is 5.91 Å². The molecule has 1 aliphatic rings. The molecule has 3 heteroatoms. The third-order valence-corrected chi connectivity index (χ3v) is 4.36. The van der Waals surface area contributed by atoms with Gasteiger partial charge in [-0.2, -0.15) is 0 Å². The van der Waals surface area contributed by atoms with Crippen molar-refractivity contribution in [2.24, 2.45) is 0 Å². The number of benzene rings is 2. The van der Waals surface area contributed by atoms with Gasteiger partial charge in [0.15, 0.2) is 0 Å². The van der Waals surface area contributed by atoms with Crippen molar-refractivity contribution in [3.05, 3.63) is 65.2 Å². The minimum absolute atomic E-state index is 0.0811. The number of likely N-dealkylation sites (tertiary alicyclic amines) is 1. The van der Waals surface area contributed by atoms with Crippen LogP contribution in [0.5, 0.6) is 0 Å². The maximum absolute atomic E-state index is 12.9. The summed E-state index contributed by atoms with van der Waals surface area (Å²) in [7, 11) is 0. The van der Waals surface area contributed by atoms with Crippen LogP contribution in [0.4, 0.5) is 5.69 Å². The molecule has 2 N–H and O–H groups in total. The van der Waals surface area contributed by atoms with Crippen LogP contribution >= 0.6 is 0 Å².